The van der Waals surface area contributed by atoms with E-state index in [0.29, 0.717) is 12.2 Å². The summed E-state index contributed by atoms with van der Waals surface area (Å²) in [5, 5.41) is 12.7. The van der Waals surface area contributed by atoms with E-state index in [1.165, 1.54) is 4.68 Å². The number of likely N-dealkylation sites (N-methyl/N-ethyl adjacent to an activating group) is 1. The fraction of sp³-hybridized carbons (Fsp3) is 0.615. The van der Waals surface area contributed by atoms with Crippen LogP contribution in [-0.4, -0.2) is 41.7 Å². The molecule has 1 unspecified atom stereocenters. The Balaban J connectivity index is 0.00000220. The lowest BCUT2D eigenvalue weighted by Gasteiger charge is -2.32. The molecule has 0 aliphatic carbocycles. The Morgan fingerprint density at radius 3 is 2.90 bits per heavy atom. The molecular formula is C13H22ClN5O2. The molecule has 1 saturated heterocycles. The van der Waals surface area contributed by atoms with Crippen LogP contribution in [0.4, 0.5) is 5.69 Å². The highest BCUT2D eigenvalue weighted by atomic mass is 35.5. The van der Waals surface area contributed by atoms with Crippen LogP contribution < -0.4 is 16.0 Å². The normalized spacial score (nSPS) is 21.2. The topological polar surface area (TPSA) is 88.0 Å². The molecule has 1 aromatic rings. The van der Waals surface area contributed by atoms with Crippen molar-refractivity contribution in [2.75, 3.05) is 25.5 Å². The van der Waals surface area contributed by atoms with E-state index in [4.69, 9.17) is 0 Å². The van der Waals surface area contributed by atoms with Gasteiger partial charge in [0.1, 0.15) is 6.54 Å². The van der Waals surface area contributed by atoms with E-state index >= 15 is 0 Å². The second kappa shape index (κ2) is 7.42. The first kappa shape index (κ1) is 17.5. The molecule has 7 nitrogen and oxygen atoms in total. The van der Waals surface area contributed by atoms with Crippen LogP contribution in [-0.2, 0) is 16.1 Å². The molecule has 118 valence electrons. The number of anilines is 1. The summed E-state index contributed by atoms with van der Waals surface area (Å²) in [6.07, 6.45) is 5.09. The Labute approximate surface area is 130 Å². The van der Waals surface area contributed by atoms with Crippen molar-refractivity contribution in [2.24, 2.45) is 5.41 Å². The number of nitrogens with one attached hydrogen (secondary N) is 3. The summed E-state index contributed by atoms with van der Waals surface area (Å²) in [5.74, 6) is -0.140. The molecule has 3 N–H and O–H groups in total. The Kier molecular flexibility index (Phi) is 6.17. The number of hydrogen-bond donors (Lipinski definition) is 3. The number of halogens is 1. The van der Waals surface area contributed by atoms with Gasteiger partial charge in [0.2, 0.25) is 11.8 Å². The molecule has 1 atom stereocenters. The second-order valence-corrected chi connectivity index (χ2v) is 5.39. The van der Waals surface area contributed by atoms with E-state index in [-0.39, 0.29) is 36.2 Å². The molecule has 0 spiro atoms. The monoisotopic (exact) mass is 315 g/mol. The zero-order chi connectivity index (χ0) is 14.6. The van der Waals surface area contributed by atoms with Gasteiger partial charge < -0.3 is 16.0 Å². The molecule has 0 bridgehead atoms. The highest BCUT2D eigenvalue weighted by Gasteiger charge is 2.34. The molecular weight excluding hydrogens is 294 g/mol. The number of hydrogen-bond acceptors (Lipinski definition) is 4. The maximum atomic E-state index is 12.3. The maximum Gasteiger partial charge on any atom is 0.241 e. The lowest BCUT2D eigenvalue weighted by atomic mass is 9.82. The van der Waals surface area contributed by atoms with Crippen LogP contribution in [0.3, 0.4) is 0 Å². The Bertz CT molecular complexity index is 497. The Morgan fingerprint density at radius 2 is 2.29 bits per heavy atom. The minimum atomic E-state index is -0.388. The minimum absolute atomic E-state index is 0. The Hall–Kier alpha value is -1.60. The number of carbonyl (C=O) groups excluding carboxylic acids is 2. The van der Waals surface area contributed by atoms with E-state index in [9.17, 15) is 9.59 Å². The predicted molar refractivity (Wildman–Crippen MR) is 82.4 cm³/mol. The van der Waals surface area contributed by atoms with Crippen molar-refractivity contribution in [1.29, 1.82) is 0 Å². The molecule has 1 aromatic heterocycles. The van der Waals surface area contributed by atoms with Crippen molar-refractivity contribution >= 4 is 29.9 Å². The average molecular weight is 316 g/mol. The van der Waals surface area contributed by atoms with Gasteiger partial charge in [-0.05, 0) is 26.3 Å². The molecule has 8 heteroatoms. The number of amides is 2. The molecule has 2 rings (SSSR count). The van der Waals surface area contributed by atoms with Gasteiger partial charge in [0.15, 0.2) is 0 Å². The van der Waals surface area contributed by atoms with Crippen LogP contribution >= 0.6 is 12.4 Å². The van der Waals surface area contributed by atoms with E-state index < -0.39 is 0 Å². The summed E-state index contributed by atoms with van der Waals surface area (Å²) in [5.41, 5.74) is 0.229. The smallest absolute Gasteiger partial charge is 0.241 e. The third-order valence-corrected chi connectivity index (χ3v) is 3.62. The minimum Gasteiger partial charge on any atom is -0.358 e. The molecule has 1 aliphatic heterocycles. The van der Waals surface area contributed by atoms with Gasteiger partial charge in [0.25, 0.3) is 0 Å². The molecule has 2 heterocycles. The van der Waals surface area contributed by atoms with Crippen molar-refractivity contribution in [1.82, 2.24) is 20.4 Å². The fourth-order valence-electron chi connectivity index (χ4n) is 2.27. The molecule has 1 aliphatic rings. The van der Waals surface area contributed by atoms with Crippen molar-refractivity contribution in [3.63, 3.8) is 0 Å². The standard InChI is InChI=1S/C13H21N5O2.ClH/c1-13(4-3-5-15-9-13)12(20)17-10-6-16-18(7-10)8-11(19)14-2;/h6-7,15H,3-5,8-9H2,1-2H3,(H,14,19)(H,17,20);1H. The highest BCUT2D eigenvalue weighted by molar-refractivity contribution is 5.95. The van der Waals surface area contributed by atoms with Crippen LogP contribution in [0.5, 0.6) is 0 Å². The van der Waals surface area contributed by atoms with Crippen LogP contribution in [0.2, 0.25) is 0 Å². The Morgan fingerprint density at radius 1 is 1.52 bits per heavy atom. The lowest BCUT2D eigenvalue weighted by molar-refractivity contribution is -0.125. The number of nitrogens with zero attached hydrogens (tertiary/aromatic N) is 2. The summed E-state index contributed by atoms with van der Waals surface area (Å²) < 4.78 is 1.50. The summed E-state index contributed by atoms with van der Waals surface area (Å²) in [6, 6.07) is 0. The number of aromatic nitrogens is 2. The number of piperidine rings is 1. The zero-order valence-corrected chi connectivity index (χ0v) is 13.1. The van der Waals surface area contributed by atoms with Gasteiger partial charge in [-0.1, -0.05) is 0 Å². The fourth-order valence-corrected chi connectivity index (χ4v) is 2.27. The maximum absolute atomic E-state index is 12.3. The first-order chi connectivity index (χ1) is 9.53. The summed E-state index contributed by atoms with van der Waals surface area (Å²) in [6.45, 7) is 3.76. The quantitative estimate of drug-likeness (QED) is 0.749. The third-order valence-electron chi connectivity index (χ3n) is 3.62. The SMILES string of the molecule is CNC(=O)Cn1cc(NC(=O)C2(C)CCCNC2)cn1.Cl. The second-order valence-electron chi connectivity index (χ2n) is 5.39. The van der Waals surface area contributed by atoms with Crippen molar-refractivity contribution in [3.8, 4) is 0 Å². The van der Waals surface area contributed by atoms with Gasteiger partial charge in [-0.25, -0.2) is 0 Å². The number of rotatable bonds is 4. The summed E-state index contributed by atoms with van der Waals surface area (Å²) in [4.78, 5) is 23.6. The highest BCUT2D eigenvalue weighted by Crippen LogP contribution is 2.27. The van der Waals surface area contributed by atoms with Gasteiger partial charge in [0, 0.05) is 19.8 Å². The van der Waals surface area contributed by atoms with Crippen molar-refractivity contribution in [3.05, 3.63) is 12.4 Å². The van der Waals surface area contributed by atoms with E-state index in [2.05, 4.69) is 21.0 Å². The van der Waals surface area contributed by atoms with E-state index in [1.807, 2.05) is 6.92 Å². The van der Waals surface area contributed by atoms with Gasteiger partial charge in [-0.3, -0.25) is 14.3 Å². The van der Waals surface area contributed by atoms with Gasteiger partial charge in [-0.15, -0.1) is 12.4 Å². The number of carbonyl (C=O) groups is 2. The lowest BCUT2D eigenvalue weighted by Crippen LogP contribution is -2.45. The van der Waals surface area contributed by atoms with Crippen molar-refractivity contribution < 1.29 is 9.59 Å². The summed E-state index contributed by atoms with van der Waals surface area (Å²) in [7, 11) is 1.57. The largest absolute Gasteiger partial charge is 0.358 e. The van der Waals surface area contributed by atoms with Crippen LogP contribution in [0, 0.1) is 5.41 Å². The predicted octanol–water partition coefficient (Wildman–Crippen LogP) is 0.379. The molecule has 21 heavy (non-hydrogen) atoms. The van der Waals surface area contributed by atoms with Gasteiger partial charge in [0.05, 0.1) is 17.3 Å². The average Bonchev–Trinajstić information content (AvgIpc) is 2.86. The molecule has 0 aromatic carbocycles. The van der Waals surface area contributed by atoms with Crippen LogP contribution in [0.15, 0.2) is 12.4 Å². The van der Waals surface area contributed by atoms with Crippen LogP contribution in [0.25, 0.3) is 0 Å². The molecule has 2 amide bonds. The molecule has 0 saturated carbocycles. The molecule has 1 fully saturated rings. The zero-order valence-electron chi connectivity index (χ0n) is 12.3. The van der Waals surface area contributed by atoms with E-state index in [1.54, 1.807) is 19.4 Å². The van der Waals surface area contributed by atoms with Crippen molar-refractivity contribution in [2.45, 2.75) is 26.3 Å². The first-order valence-corrected chi connectivity index (χ1v) is 6.79. The molecule has 0 radical (unpaired) electrons. The van der Waals surface area contributed by atoms with Gasteiger partial charge in [-0.2, -0.15) is 5.10 Å². The first-order valence-electron chi connectivity index (χ1n) is 6.79. The summed E-state index contributed by atoms with van der Waals surface area (Å²) >= 11 is 0. The third kappa shape index (κ3) is 4.44. The van der Waals surface area contributed by atoms with E-state index in [0.717, 1.165) is 19.4 Å². The van der Waals surface area contributed by atoms with Crippen LogP contribution in [0.1, 0.15) is 19.8 Å². The van der Waals surface area contributed by atoms with Gasteiger partial charge >= 0.3 is 0 Å².